The molecule has 1 rings (SSSR count). The highest BCUT2D eigenvalue weighted by Crippen LogP contribution is 2.03. The van der Waals surface area contributed by atoms with Crippen LogP contribution in [0.1, 0.15) is 17.3 Å². The summed E-state index contributed by atoms with van der Waals surface area (Å²) in [7, 11) is 0. The van der Waals surface area contributed by atoms with Crippen LogP contribution in [0, 0.1) is 17.2 Å². The van der Waals surface area contributed by atoms with Gasteiger partial charge in [0, 0.05) is 0 Å². The van der Waals surface area contributed by atoms with Crippen molar-refractivity contribution in [3.63, 3.8) is 0 Å². The predicted molar refractivity (Wildman–Crippen MR) is 43.8 cm³/mol. The zero-order valence-electron chi connectivity index (χ0n) is 7.19. The first-order valence-electron chi connectivity index (χ1n) is 3.83. The summed E-state index contributed by atoms with van der Waals surface area (Å²) < 4.78 is 9.52. The number of ether oxygens (including phenoxy) is 1. The van der Waals surface area contributed by atoms with Crippen LogP contribution in [0.25, 0.3) is 0 Å². The molecule has 1 heterocycles. The monoisotopic (exact) mass is 179 g/mol. The number of esters is 1. The van der Waals surface area contributed by atoms with Crippen LogP contribution in [0.5, 0.6) is 0 Å². The van der Waals surface area contributed by atoms with Crippen molar-refractivity contribution in [2.75, 3.05) is 6.61 Å². The van der Waals surface area contributed by atoms with Crippen molar-refractivity contribution in [1.29, 1.82) is 5.26 Å². The minimum absolute atomic E-state index is 0.112. The lowest BCUT2D eigenvalue weighted by molar-refractivity contribution is 0.0475. The van der Waals surface area contributed by atoms with Crippen LogP contribution in [-0.4, -0.2) is 12.6 Å². The smallest absolute Gasteiger partial charge is 0.341 e. The van der Waals surface area contributed by atoms with Crippen LogP contribution >= 0.6 is 0 Å². The van der Waals surface area contributed by atoms with Gasteiger partial charge in [-0.2, -0.15) is 5.26 Å². The average molecular weight is 179 g/mol. The zero-order valence-corrected chi connectivity index (χ0v) is 7.19. The first-order chi connectivity index (χ1) is 6.24. The van der Waals surface area contributed by atoms with Crippen LogP contribution in [0.3, 0.4) is 0 Å². The highest BCUT2D eigenvalue weighted by atomic mass is 16.5. The topological polar surface area (TPSA) is 63.2 Å². The SMILES string of the molecule is CC(C#N)COC(=O)c1ccoc1. The highest BCUT2D eigenvalue weighted by Gasteiger charge is 2.09. The molecular weight excluding hydrogens is 170 g/mol. The molecule has 0 aromatic carbocycles. The largest absolute Gasteiger partial charge is 0.472 e. The minimum atomic E-state index is -0.462. The average Bonchev–Trinajstić information content (AvgIpc) is 2.66. The van der Waals surface area contributed by atoms with E-state index in [1.165, 1.54) is 18.6 Å². The number of carbonyl (C=O) groups is 1. The van der Waals surface area contributed by atoms with Crippen molar-refractivity contribution in [2.24, 2.45) is 5.92 Å². The van der Waals surface area contributed by atoms with E-state index < -0.39 is 5.97 Å². The molecule has 0 saturated heterocycles. The van der Waals surface area contributed by atoms with Gasteiger partial charge in [-0.15, -0.1) is 0 Å². The Bertz CT molecular complexity index is 310. The lowest BCUT2D eigenvalue weighted by Crippen LogP contribution is -2.10. The van der Waals surface area contributed by atoms with Crippen LogP contribution in [0.2, 0.25) is 0 Å². The fourth-order valence-corrected chi connectivity index (χ4v) is 0.702. The second kappa shape index (κ2) is 4.31. The quantitative estimate of drug-likeness (QED) is 0.661. The standard InChI is InChI=1S/C9H9NO3/c1-7(4-10)5-13-9(11)8-2-3-12-6-8/h2-3,6-7H,5H2,1H3. The summed E-state index contributed by atoms with van der Waals surface area (Å²) in [6.07, 6.45) is 2.70. The molecule has 0 N–H and O–H groups in total. The van der Waals surface area contributed by atoms with Gasteiger partial charge >= 0.3 is 5.97 Å². The summed E-state index contributed by atoms with van der Waals surface area (Å²) in [6.45, 7) is 1.79. The molecule has 0 saturated carbocycles. The lowest BCUT2D eigenvalue weighted by atomic mass is 10.2. The number of rotatable bonds is 3. The van der Waals surface area contributed by atoms with Crippen molar-refractivity contribution in [2.45, 2.75) is 6.92 Å². The van der Waals surface area contributed by atoms with Crippen LogP contribution in [0.15, 0.2) is 23.0 Å². The number of carbonyl (C=O) groups excluding carboxylic acids is 1. The molecule has 1 aromatic heterocycles. The molecule has 0 spiro atoms. The summed E-state index contributed by atoms with van der Waals surface area (Å²) >= 11 is 0. The molecule has 4 nitrogen and oxygen atoms in total. The Kier molecular flexibility index (Phi) is 3.09. The first kappa shape index (κ1) is 9.33. The number of nitriles is 1. The molecule has 4 heteroatoms. The molecule has 68 valence electrons. The van der Waals surface area contributed by atoms with E-state index in [1.807, 2.05) is 6.07 Å². The van der Waals surface area contributed by atoms with Gasteiger partial charge in [-0.25, -0.2) is 4.79 Å². The van der Waals surface area contributed by atoms with Crippen molar-refractivity contribution in [3.05, 3.63) is 24.2 Å². The van der Waals surface area contributed by atoms with Gasteiger partial charge in [-0.1, -0.05) is 0 Å². The maximum Gasteiger partial charge on any atom is 0.341 e. The molecule has 13 heavy (non-hydrogen) atoms. The van der Waals surface area contributed by atoms with Crippen molar-refractivity contribution >= 4 is 5.97 Å². The van der Waals surface area contributed by atoms with E-state index in [9.17, 15) is 4.79 Å². The molecule has 1 atom stereocenters. The Morgan fingerprint density at radius 1 is 1.85 bits per heavy atom. The minimum Gasteiger partial charge on any atom is -0.472 e. The number of nitrogens with zero attached hydrogens (tertiary/aromatic N) is 1. The third-order valence-electron chi connectivity index (χ3n) is 1.44. The highest BCUT2D eigenvalue weighted by molar-refractivity contribution is 5.88. The Morgan fingerprint density at radius 3 is 3.15 bits per heavy atom. The van der Waals surface area contributed by atoms with Gasteiger partial charge in [0.2, 0.25) is 0 Å². The Labute approximate surface area is 75.7 Å². The Balaban J connectivity index is 2.40. The van der Waals surface area contributed by atoms with Gasteiger partial charge in [-0.05, 0) is 13.0 Å². The molecule has 0 amide bonds. The van der Waals surface area contributed by atoms with Crippen molar-refractivity contribution < 1.29 is 13.9 Å². The van der Waals surface area contributed by atoms with E-state index in [1.54, 1.807) is 6.92 Å². The number of hydrogen-bond donors (Lipinski definition) is 0. The summed E-state index contributed by atoms with van der Waals surface area (Å²) in [6, 6.07) is 3.48. The molecular formula is C9H9NO3. The van der Waals surface area contributed by atoms with E-state index in [4.69, 9.17) is 14.4 Å². The summed E-state index contributed by atoms with van der Waals surface area (Å²) in [5, 5.41) is 8.42. The van der Waals surface area contributed by atoms with Gasteiger partial charge < -0.3 is 9.15 Å². The van der Waals surface area contributed by atoms with E-state index in [2.05, 4.69) is 0 Å². The Morgan fingerprint density at radius 2 is 2.62 bits per heavy atom. The lowest BCUT2D eigenvalue weighted by Gasteiger charge is -2.02. The van der Waals surface area contributed by atoms with Gasteiger partial charge in [0.05, 0.1) is 23.8 Å². The van der Waals surface area contributed by atoms with E-state index in [0.717, 1.165) is 0 Å². The van der Waals surface area contributed by atoms with Crippen LogP contribution in [0.4, 0.5) is 0 Å². The maximum absolute atomic E-state index is 11.1. The second-order valence-corrected chi connectivity index (χ2v) is 2.64. The molecule has 0 aliphatic carbocycles. The Hall–Kier alpha value is -1.76. The second-order valence-electron chi connectivity index (χ2n) is 2.64. The fourth-order valence-electron chi connectivity index (χ4n) is 0.702. The van der Waals surface area contributed by atoms with E-state index in [0.29, 0.717) is 5.56 Å². The van der Waals surface area contributed by atoms with Gasteiger partial charge in [0.15, 0.2) is 0 Å². The van der Waals surface area contributed by atoms with Gasteiger partial charge in [0.25, 0.3) is 0 Å². The summed E-state index contributed by atoms with van der Waals surface area (Å²) in [5.74, 6) is -0.744. The van der Waals surface area contributed by atoms with Crippen LogP contribution in [-0.2, 0) is 4.74 Å². The number of furan rings is 1. The molecule has 0 bridgehead atoms. The summed E-state index contributed by atoms with van der Waals surface area (Å²) in [4.78, 5) is 11.1. The fraction of sp³-hybridized carbons (Fsp3) is 0.333. The van der Waals surface area contributed by atoms with Gasteiger partial charge in [-0.3, -0.25) is 0 Å². The van der Waals surface area contributed by atoms with Crippen LogP contribution < -0.4 is 0 Å². The molecule has 1 aromatic rings. The normalized spacial score (nSPS) is 11.7. The molecule has 0 fully saturated rings. The molecule has 1 unspecified atom stereocenters. The third kappa shape index (κ3) is 2.64. The van der Waals surface area contributed by atoms with E-state index in [-0.39, 0.29) is 12.5 Å². The molecule has 0 aliphatic rings. The maximum atomic E-state index is 11.1. The molecule has 0 aliphatic heterocycles. The first-order valence-corrected chi connectivity index (χ1v) is 3.83. The summed E-state index contributed by atoms with van der Waals surface area (Å²) in [5.41, 5.74) is 0.366. The molecule has 0 radical (unpaired) electrons. The number of hydrogen-bond acceptors (Lipinski definition) is 4. The zero-order chi connectivity index (χ0) is 9.68. The third-order valence-corrected chi connectivity index (χ3v) is 1.44. The van der Waals surface area contributed by atoms with Crippen molar-refractivity contribution in [1.82, 2.24) is 0 Å². The van der Waals surface area contributed by atoms with Crippen molar-refractivity contribution in [3.8, 4) is 6.07 Å². The van der Waals surface area contributed by atoms with E-state index >= 15 is 0 Å². The van der Waals surface area contributed by atoms with Gasteiger partial charge in [0.1, 0.15) is 12.9 Å². The predicted octanol–water partition coefficient (Wildman–Crippen LogP) is 1.60.